The molecule has 22 nitrogen and oxygen atoms in total. The largest absolute Gasteiger partial charge is 0.444 e. The molecule has 12 N–H and O–H groups in total. The third kappa shape index (κ3) is 20.0. The molecule has 522 valence electrons. The van der Waals surface area contributed by atoms with Crippen LogP contribution in [-0.4, -0.2) is 113 Å². The van der Waals surface area contributed by atoms with Crippen LogP contribution in [0.2, 0.25) is 15.5 Å². The van der Waals surface area contributed by atoms with Crippen LogP contribution >= 0.6 is 57.5 Å². The number of primary amides is 2. The summed E-state index contributed by atoms with van der Waals surface area (Å²) < 4.78 is 169. The van der Waals surface area contributed by atoms with Crippen LogP contribution in [0.1, 0.15) is 133 Å². The molecule has 3 aliphatic heterocycles. The number of amides is 4. The molecule has 9 heterocycles. The lowest BCUT2D eigenvalue weighted by molar-refractivity contribution is -0.138. The number of nitrogens with two attached hydrogens (primary N) is 5. The number of nitriles is 2. The summed E-state index contributed by atoms with van der Waals surface area (Å²) >= 11 is 17.9. The van der Waals surface area contributed by atoms with E-state index in [1.54, 1.807) is 56.2 Å². The third-order valence-electron chi connectivity index (χ3n) is 14.1. The number of fused-ring (bicyclic) bond motifs is 2. The normalized spacial score (nSPS) is 15.4. The molecule has 96 heavy (non-hydrogen) atoms. The van der Waals surface area contributed by atoms with Crippen molar-refractivity contribution in [2.45, 2.75) is 134 Å². The van der Waals surface area contributed by atoms with Gasteiger partial charge in [-0.1, -0.05) is 34.8 Å². The third-order valence-corrected chi connectivity index (χ3v) is 17.1. The topological polar surface area (TPSA) is 350 Å². The molecular weight excluding hydrogens is 1400 g/mol. The number of thiophene rings is 2. The quantitative estimate of drug-likeness (QED) is 0.0576. The first-order chi connectivity index (χ1) is 44.2. The number of ether oxygens (including phenoxy) is 2. The summed E-state index contributed by atoms with van der Waals surface area (Å²) in [6.45, 7) is 13.2. The number of nitrogens with one attached hydrogen (secondary N) is 2. The van der Waals surface area contributed by atoms with Gasteiger partial charge in [0, 0.05) is 68.2 Å². The molecule has 3 saturated heterocycles. The monoisotopic (exact) mass is 1460 g/mol. The molecule has 6 aromatic heterocycles. The van der Waals surface area contributed by atoms with E-state index in [2.05, 4.69) is 30.6 Å². The molecule has 0 aromatic carbocycles. The number of anilines is 5. The predicted molar refractivity (Wildman–Crippen MR) is 337 cm³/mol. The summed E-state index contributed by atoms with van der Waals surface area (Å²) in [5.41, 5.74) is 20.4. The number of halogens is 15. The van der Waals surface area contributed by atoms with Crippen molar-refractivity contribution in [1.82, 2.24) is 30.6 Å². The molecule has 0 atom stereocenters. The van der Waals surface area contributed by atoms with Gasteiger partial charge >= 0.3 is 36.9 Å². The fraction of sp³-hybridized carbons (Fsp3) is 0.474. The number of hydrogen-bond acceptors (Lipinski definition) is 20. The molecule has 0 radical (unpaired) electrons. The van der Waals surface area contributed by atoms with Gasteiger partial charge in [-0.3, -0.25) is 9.59 Å². The highest BCUT2D eigenvalue weighted by Crippen LogP contribution is 2.46. The maximum absolute atomic E-state index is 13.7. The number of carbonyl (C=O) groups excluding carboxylic acids is 4. The van der Waals surface area contributed by atoms with Gasteiger partial charge in [-0.05, 0) is 104 Å². The summed E-state index contributed by atoms with van der Waals surface area (Å²) in [4.78, 5) is 67.5. The van der Waals surface area contributed by atoms with E-state index < -0.39 is 109 Å². The first kappa shape index (κ1) is 77.0. The standard InChI is InChI=1S/C19H24F3N5O3S.C17H20ClF3N4O2.C14H16F3N5OS.C7HCl2F3N2/c1-18(2,3)30-17(29)25-9-4-6-27(7-5-9)11-8-10(19(20,21)22)12-13(23)14(15(24)28)31-16(12)26-11;1-16(2,3)27-15(26)23-10-4-6-25(7-5-10)13-8-12(17(19,20)21)11(9-22)14(18)24-13;15-14(16,17)7-5-8(22-3-1-6(18)2-4-22)21-13-9(7)10(19)11(24-13)12(20)23;8-5-1-4(7(10,11)12)3(2-13)6(9)14-5/h8-9H,4-7,23H2,1-3H3,(H2,24,28)(H,25,29);8,10H,4-7H2,1-3H3,(H,23,26);5-6H,1-4,18-19H2,(H2,20,23);1H. The number of pyridine rings is 4. The van der Waals surface area contributed by atoms with E-state index >= 15 is 0 Å². The van der Waals surface area contributed by atoms with Crippen LogP contribution in [0.5, 0.6) is 0 Å². The highest BCUT2D eigenvalue weighted by molar-refractivity contribution is 7.21. The Bertz CT molecular complexity index is 3950. The summed E-state index contributed by atoms with van der Waals surface area (Å²) in [7, 11) is 0. The predicted octanol–water partition coefficient (Wildman–Crippen LogP) is 12.8. The van der Waals surface area contributed by atoms with Gasteiger partial charge in [0.2, 0.25) is 0 Å². The van der Waals surface area contributed by atoms with Gasteiger partial charge in [0.25, 0.3) is 11.8 Å². The van der Waals surface area contributed by atoms with Crippen LogP contribution in [0.3, 0.4) is 0 Å². The molecule has 6 aromatic rings. The van der Waals surface area contributed by atoms with Gasteiger partial charge in [0.15, 0.2) is 0 Å². The number of piperidine rings is 3. The minimum absolute atomic E-state index is 0.00475. The Morgan fingerprint density at radius 2 is 0.823 bits per heavy atom. The molecule has 0 saturated carbocycles. The number of carbonyl (C=O) groups is 4. The highest BCUT2D eigenvalue weighted by atomic mass is 35.5. The zero-order chi connectivity index (χ0) is 72.1. The Kier molecular flexibility index (Phi) is 24.2. The number of rotatable bonds is 7. The van der Waals surface area contributed by atoms with Crippen LogP contribution in [-0.2, 0) is 34.2 Å². The van der Waals surface area contributed by atoms with Crippen molar-refractivity contribution in [3.8, 4) is 12.1 Å². The Hall–Kier alpha value is -8.03. The lowest BCUT2D eigenvalue weighted by Gasteiger charge is -2.34. The van der Waals surface area contributed by atoms with E-state index in [-0.39, 0.29) is 77.1 Å². The fourth-order valence-corrected chi connectivity index (χ4v) is 12.4. The molecule has 0 spiro atoms. The molecule has 0 unspecified atom stereocenters. The SMILES string of the molecule is CC(C)(C)OC(=O)NC1CCN(c2cc(C(F)(F)F)c(C#N)c(Cl)n2)CC1.CC(C)(C)OC(=O)NC1CCN(c2cc(C(F)(F)F)c3c(N)c(C(N)=O)sc3n2)CC1.N#Cc1c(C(F)(F)F)cc(Cl)nc1Cl.NC(=O)c1sc2nc(N3CCC(N)CC3)cc(C(F)(F)F)c2c1N. The summed E-state index contributed by atoms with van der Waals surface area (Å²) in [6, 6.07) is 5.84. The lowest BCUT2D eigenvalue weighted by atomic mass is 10.0. The van der Waals surface area contributed by atoms with Crippen molar-refractivity contribution in [3.63, 3.8) is 0 Å². The Morgan fingerprint density at radius 3 is 1.14 bits per heavy atom. The number of nitrogens with zero attached hydrogens (tertiary/aromatic N) is 9. The van der Waals surface area contributed by atoms with Crippen molar-refractivity contribution in [1.29, 1.82) is 10.5 Å². The average molecular weight is 1460 g/mol. The van der Waals surface area contributed by atoms with E-state index in [0.29, 0.717) is 83.9 Å². The molecule has 3 fully saturated rings. The number of hydrogen-bond donors (Lipinski definition) is 7. The van der Waals surface area contributed by atoms with Crippen molar-refractivity contribution in [2.24, 2.45) is 17.2 Å². The first-order valence-electron chi connectivity index (χ1n) is 28.4. The van der Waals surface area contributed by atoms with Crippen LogP contribution in [0.4, 0.5) is 91.1 Å². The zero-order valence-corrected chi connectivity index (χ0v) is 55.3. The van der Waals surface area contributed by atoms with Gasteiger partial charge in [-0.15, -0.1) is 22.7 Å². The first-order valence-corrected chi connectivity index (χ1v) is 31.2. The van der Waals surface area contributed by atoms with E-state index in [1.165, 1.54) is 12.1 Å². The minimum Gasteiger partial charge on any atom is -0.444 e. The summed E-state index contributed by atoms with van der Waals surface area (Å²) in [6.07, 6.45) is -16.3. The zero-order valence-electron chi connectivity index (χ0n) is 51.4. The van der Waals surface area contributed by atoms with Crippen LogP contribution < -0.4 is 54.0 Å². The second kappa shape index (κ2) is 30.2. The van der Waals surface area contributed by atoms with Crippen molar-refractivity contribution < 1.29 is 81.3 Å². The molecular formula is C57H61Cl3F12N16O6S2. The molecule has 3 aliphatic rings. The van der Waals surface area contributed by atoms with E-state index in [1.807, 2.05) is 0 Å². The van der Waals surface area contributed by atoms with Gasteiger partial charge in [0.1, 0.15) is 86.8 Å². The lowest BCUT2D eigenvalue weighted by Crippen LogP contribution is -2.46. The maximum Gasteiger partial charge on any atom is 0.417 e. The second-order valence-corrected chi connectivity index (χ2v) is 26.6. The van der Waals surface area contributed by atoms with E-state index in [0.717, 1.165) is 40.9 Å². The molecule has 39 heteroatoms. The van der Waals surface area contributed by atoms with Crippen molar-refractivity contribution in [2.75, 3.05) is 65.4 Å². The maximum atomic E-state index is 13.7. The highest BCUT2D eigenvalue weighted by Gasteiger charge is 2.41. The summed E-state index contributed by atoms with van der Waals surface area (Å²) in [5, 5.41) is 20.9. The van der Waals surface area contributed by atoms with Crippen LogP contribution in [0.25, 0.3) is 20.4 Å². The smallest absolute Gasteiger partial charge is 0.417 e. The van der Waals surface area contributed by atoms with Crippen LogP contribution in [0, 0.1) is 22.7 Å². The van der Waals surface area contributed by atoms with E-state index in [9.17, 15) is 71.9 Å². The van der Waals surface area contributed by atoms with Gasteiger partial charge in [-0.25, -0.2) is 29.5 Å². The molecule has 4 amide bonds. The van der Waals surface area contributed by atoms with Gasteiger partial charge in [-0.2, -0.15) is 63.2 Å². The Labute approximate surface area is 562 Å². The average Bonchev–Trinajstić information content (AvgIpc) is 1.57. The summed E-state index contributed by atoms with van der Waals surface area (Å²) in [5.74, 6) is -1.37. The number of nitrogen functional groups attached to an aromatic ring is 2. The molecule has 0 bridgehead atoms. The number of aromatic nitrogens is 4. The minimum atomic E-state index is -4.71. The van der Waals surface area contributed by atoms with E-state index in [4.69, 9.17) is 83.5 Å². The van der Waals surface area contributed by atoms with Crippen LogP contribution in [0.15, 0.2) is 24.3 Å². The fourth-order valence-electron chi connectivity index (χ4n) is 9.74. The molecule has 0 aliphatic carbocycles. The molecule has 9 rings (SSSR count). The number of alkyl halides is 12. The number of alkyl carbamates (subject to hydrolysis) is 2. The van der Waals surface area contributed by atoms with Crippen molar-refractivity contribution >= 4 is 131 Å². The van der Waals surface area contributed by atoms with Crippen molar-refractivity contribution in [3.05, 3.63) is 82.9 Å². The van der Waals surface area contributed by atoms with Gasteiger partial charge in [0.05, 0.1) is 33.6 Å². The van der Waals surface area contributed by atoms with Gasteiger partial charge < -0.3 is 63.5 Å². The second-order valence-electron chi connectivity index (χ2n) is 23.5. The Balaban J connectivity index is 0.000000209. The Morgan fingerprint density at radius 1 is 0.521 bits per heavy atom.